The van der Waals surface area contributed by atoms with Gasteiger partial charge in [-0.05, 0) is 46.0 Å². The zero-order chi connectivity index (χ0) is 22.8. The lowest BCUT2D eigenvalue weighted by molar-refractivity contribution is -0.134. The Bertz CT molecular complexity index is 932. The summed E-state index contributed by atoms with van der Waals surface area (Å²) in [5.41, 5.74) is 7.16. The Morgan fingerprint density at radius 3 is 2.77 bits per heavy atom. The van der Waals surface area contributed by atoms with E-state index in [-0.39, 0.29) is 24.9 Å². The predicted octanol–water partition coefficient (Wildman–Crippen LogP) is 1.63. The van der Waals surface area contributed by atoms with Crippen LogP contribution in [0.25, 0.3) is 5.69 Å². The van der Waals surface area contributed by atoms with E-state index in [0.717, 1.165) is 5.56 Å². The molecule has 2 heterocycles. The number of amides is 2. The molecule has 1 aromatic carbocycles. The van der Waals surface area contributed by atoms with Crippen molar-refractivity contribution in [2.75, 3.05) is 6.54 Å². The van der Waals surface area contributed by atoms with E-state index in [2.05, 4.69) is 20.8 Å². The lowest BCUT2D eigenvalue weighted by Crippen LogP contribution is -2.50. The van der Waals surface area contributed by atoms with Crippen LogP contribution in [-0.2, 0) is 16.1 Å². The van der Waals surface area contributed by atoms with Gasteiger partial charge in [-0.25, -0.2) is 9.07 Å². The molecule has 0 spiro atoms. The first-order valence-corrected chi connectivity index (χ1v) is 10.4. The van der Waals surface area contributed by atoms with E-state index in [9.17, 15) is 14.0 Å². The Kier molecular flexibility index (Phi) is 7.03. The third-order valence-electron chi connectivity index (χ3n) is 5.08. The first kappa shape index (κ1) is 23.2. The molecule has 1 unspecified atom stereocenters. The average molecular weight is 452 g/mol. The number of tetrazole rings is 1. The molecule has 3 N–H and O–H groups in total. The van der Waals surface area contributed by atoms with Gasteiger partial charge in [-0.1, -0.05) is 32.4 Å². The van der Waals surface area contributed by atoms with Crippen LogP contribution in [0, 0.1) is 5.41 Å². The second-order valence-electron chi connectivity index (χ2n) is 9.03. The molecule has 0 radical (unpaired) electrons. The molecule has 0 aliphatic carbocycles. The van der Waals surface area contributed by atoms with Crippen molar-refractivity contribution in [3.8, 4) is 5.69 Å². The number of imide groups is 1. The molecule has 2 amide bonds. The number of nitrogens with two attached hydrogens (primary N) is 1. The van der Waals surface area contributed by atoms with Crippen LogP contribution in [-0.4, -0.2) is 61.7 Å². The number of nitrogens with zero attached hydrogens (tertiary/aromatic N) is 5. The molecule has 1 saturated heterocycles. The number of halogens is 2. The molecule has 31 heavy (non-hydrogen) atoms. The number of alkyl halides is 1. The SMILES string of the molecule is CC(C)(C)C[C@@H](N)C(=O)NC(=O)C1C[C@@H](F)CN1Cc1cc(Cl)ccc1-n1cnnn1. The van der Waals surface area contributed by atoms with Crippen molar-refractivity contribution in [1.82, 2.24) is 30.4 Å². The fraction of sp³-hybridized carbons (Fsp3) is 0.550. The highest BCUT2D eigenvalue weighted by atomic mass is 35.5. The van der Waals surface area contributed by atoms with Gasteiger partial charge in [0, 0.05) is 24.5 Å². The topological polar surface area (TPSA) is 119 Å². The molecule has 168 valence electrons. The summed E-state index contributed by atoms with van der Waals surface area (Å²) in [5, 5.41) is 14.0. The number of benzene rings is 1. The Balaban J connectivity index is 1.74. The third-order valence-corrected chi connectivity index (χ3v) is 5.32. The van der Waals surface area contributed by atoms with Gasteiger partial charge in [0.25, 0.3) is 0 Å². The van der Waals surface area contributed by atoms with Crippen LogP contribution in [0.2, 0.25) is 5.02 Å². The molecule has 3 rings (SSSR count). The van der Waals surface area contributed by atoms with Gasteiger partial charge in [-0.3, -0.25) is 19.8 Å². The van der Waals surface area contributed by atoms with E-state index in [4.69, 9.17) is 17.3 Å². The van der Waals surface area contributed by atoms with Crippen molar-refractivity contribution >= 4 is 23.4 Å². The molecule has 1 fully saturated rings. The summed E-state index contributed by atoms with van der Waals surface area (Å²) in [5.74, 6) is -1.11. The molecular weight excluding hydrogens is 425 g/mol. The number of likely N-dealkylation sites (tertiary alicyclic amines) is 1. The van der Waals surface area contributed by atoms with Gasteiger partial charge in [0.2, 0.25) is 11.8 Å². The number of hydrogen-bond acceptors (Lipinski definition) is 7. The van der Waals surface area contributed by atoms with Crippen LogP contribution in [0.1, 0.15) is 39.2 Å². The second-order valence-corrected chi connectivity index (χ2v) is 9.47. The standard InChI is InChI=1S/C20H27ClFN7O2/c1-20(2,3)8-15(23)18(30)25-19(31)17-7-14(22)10-28(17)9-12-6-13(21)4-5-16(12)29-11-24-26-27-29/h4-6,11,14-15,17H,7-10,23H2,1-3H3,(H,25,30,31)/t14-,15-,17?/m1/s1. The highest BCUT2D eigenvalue weighted by molar-refractivity contribution is 6.30. The van der Waals surface area contributed by atoms with Crippen molar-refractivity contribution in [3.63, 3.8) is 0 Å². The molecule has 1 aliphatic rings. The number of hydrogen-bond donors (Lipinski definition) is 2. The van der Waals surface area contributed by atoms with Crippen LogP contribution in [0.4, 0.5) is 4.39 Å². The molecule has 1 aliphatic heterocycles. The monoisotopic (exact) mass is 451 g/mol. The van der Waals surface area contributed by atoms with Crippen LogP contribution in [0.5, 0.6) is 0 Å². The van der Waals surface area contributed by atoms with Gasteiger partial charge < -0.3 is 5.73 Å². The molecular formula is C20H27ClFN7O2. The maximum absolute atomic E-state index is 14.3. The summed E-state index contributed by atoms with van der Waals surface area (Å²) in [6, 6.07) is 3.55. The van der Waals surface area contributed by atoms with Crippen molar-refractivity contribution < 1.29 is 14.0 Å². The summed E-state index contributed by atoms with van der Waals surface area (Å²) in [6.45, 7) is 6.17. The fourth-order valence-corrected chi connectivity index (χ4v) is 3.93. The minimum absolute atomic E-state index is 0.00555. The van der Waals surface area contributed by atoms with Crippen molar-refractivity contribution in [2.45, 2.75) is 58.4 Å². The normalized spacial score (nSPS) is 20.6. The Hall–Kier alpha value is -2.43. The van der Waals surface area contributed by atoms with E-state index in [1.165, 1.54) is 11.0 Å². The van der Waals surface area contributed by atoms with Gasteiger partial charge in [0.05, 0.1) is 17.8 Å². The number of aromatic nitrogens is 4. The van der Waals surface area contributed by atoms with Crippen molar-refractivity contribution in [3.05, 3.63) is 35.1 Å². The Morgan fingerprint density at radius 2 is 2.13 bits per heavy atom. The Labute approximate surface area is 185 Å². The van der Waals surface area contributed by atoms with Crippen LogP contribution in [0.3, 0.4) is 0 Å². The summed E-state index contributed by atoms with van der Waals surface area (Å²) < 4.78 is 15.7. The highest BCUT2D eigenvalue weighted by Crippen LogP contribution is 2.27. The quantitative estimate of drug-likeness (QED) is 0.685. The number of carbonyl (C=O) groups is 2. The summed E-state index contributed by atoms with van der Waals surface area (Å²) >= 11 is 6.16. The first-order valence-electron chi connectivity index (χ1n) is 10.0. The van der Waals surface area contributed by atoms with Crippen molar-refractivity contribution in [2.24, 2.45) is 11.1 Å². The largest absolute Gasteiger partial charge is 0.320 e. The maximum atomic E-state index is 14.3. The lowest BCUT2D eigenvalue weighted by Gasteiger charge is -2.26. The van der Waals surface area contributed by atoms with E-state index in [0.29, 0.717) is 17.1 Å². The molecule has 11 heteroatoms. The van der Waals surface area contributed by atoms with Crippen LogP contribution < -0.4 is 11.1 Å². The van der Waals surface area contributed by atoms with E-state index in [1.807, 2.05) is 20.8 Å². The zero-order valence-electron chi connectivity index (χ0n) is 17.8. The third kappa shape index (κ3) is 6.05. The van der Waals surface area contributed by atoms with E-state index < -0.39 is 30.1 Å². The molecule has 9 nitrogen and oxygen atoms in total. The number of rotatable bonds is 6. The fourth-order valence-electron chi connectivity index (χ4n) is 3.74. The second kappa shape index (κ2) is 9.37. The smallest absolute Gasteiger partial charge is 0.244 e. The van der Waals surface area contributed by atoms with Gasteiger partial charge in [0.1, 0.15) is 12.5 Å². The molecule has 3 atom stereocenters. The average Bonchev–Trinajstić information content (AvgIpc) is 3.30. The number of nitrogens with one attached hydrogen (secondary N) is 1. The minimum atomic E-state index is -1.19. The molecule has 1 aromatic heterocycles. The van der Waals surface area contributed by atoms with Crippen molar-refractivity contribution in [1.29, 1.82) is 0 Å². The van der Waals surface area contributed by atoms with Gasteiger partial charge in [0.15, 0.2) is 0 Å². The maximum Gasteiger partial charge on any atom is 0.244 e. The van der Waals surface area contributed by atoms with Crippen LogP contribution >= 0.6 is 11.6 Å². The predicted molar refractivity (Wildman–Crippen MR) is 113 cm³/mol. The highest BCUT2D eigenvalue weighted by Gasteiger charge is 2.38. The molecule has 2 aromatic rings. The van der Waals surface area contributed by atoms with E-state index >= 15 is 0 Å². The zero-order valence-corrected chi connectivity index (χ0v) is 18.5. The Morgan fingerprint density at radius 1 is 1.39 bits per heavy atom. The summed E-state index contributed by atoms with van der Waals surface area (Å²) in [7, 11) is 0. The molecule has 0 saturated carbocycles. The minimum Gasteiger partial charge on any atom is -0.320 e. The summed E-state index contributed by atoms with van der Waals surface area (Å²) in [4.78, 5) is 26.9. The summed E-state index contributed by atoms with van der Waals surface area (Å²) in [6.07, 6.45) is 0.664. The molecule has 0 bridgehead atoms. The number of carbonyl (C=O) groups excluding carboxylic acids is 2. The van der Waals surface area contributed by atoms with Gasteiger partial charge >= 0.3 is 0 Å². The van der Waals surface area contributed by atoms with Gasteiger partial charge in [-0.15, -0.1) is 5.10 Å². The van der Waals surface area contributed by atoms with E-state index in [1.54, 1.807) is 23.1 Å². The lowest BCUT2D eigenvalue weighted by atomic mass is 9.88. The van der Waals surface area contributed by atoms with Crippen LogP contribution in [0.15, 0.2) is 24.5 Å². The van der Waals surface area contributed by atoms with Gasteiger partial charge in [-0.2, -0.15) is 0 Å². The first-order chi connectivity index (χ1) is 14.5.